The molecule has 1 aliphatic heterocycles. The number of rotatable bonds is 6. The van der Waals surface area contributed by atoms with Crippen LogP contribution in [0.1, 0.15) is 49.9 Å². The molecule has 2 amide bonds. The average molecular weight is 346 g/mol. The summed E-state index contributed by atoms with van der Waals surface area (Å²) in [4.78, 5) is 38.3. The van der Waals surface area contributed by atoms with Gasteiger partial charge in [-0.25, -0.2) is 4.79 Å². The molecule has 1 aliphatic rings. The second-order valence-electron chi connectivity index (χ2n) is 6.83. The molecule has 1 aromatic carbocycles. The highest BCUT2D eigenvalue weighted by atomic mass is 16.4. The molecule has 0 saturated carbocycles. The van der Waals surface area contributed by atoms with E-state index in [0.717, 1.165) is 6.42 Å². The third kappa shape index (κ3) is 4.59. The van der Waals surface area contributed by atoms with Crippen LogP contribution in [0.4, 0.5) is 0 Å². The van der Waals surface area contributed by atoms with Crippen LogP contribution in [0.5, 0.6) is 0 Å². The molecular formula is C19H26N2O4. The first kappa shape index (κ1) is 19.0. The summed E-state index contributed by atoms with van der Waals surface area (Å²) in [5, 5.41) is 12.1. The standard InChI is InChI=1S/C19H26N2O4/c1-3-11-19(2,18(24)25)20-16(22)15-10-7-12-21(13-15)17(23)14-8-5-4-6-9-14/h4-6,8-9,15H,3,7,10-13H2,1-2H3,(H,20,22)(H,24,25). The SMILES string of the molecule is CCCC(C)(NC(=O)C1CCCN(C(=O)c2ccccc2)C1)C(=O)O. The number of hydrogen-bond acceptors (Lipinski definition) is 3. The van der Waals surface area contributed by atoms with Gasteiger partial charge in [0, 0.05) is 18.7 Å². The smallest absolute Gasteiger partial charge is 0.329 e. The lowest BCUT2D eigenvalue weighted by Gasteiger charge is -2.34. The van der Waals surface area contributed by atoms with Crippen molar-refractivity contribution >= 4 is 17.8 Å². The average Bonchev–Trinajstić information content (AvgIpc) is 2.62. The first-order valence-corrected chi connectivity index (χ1v) is 8.77. The molecule has 0 aromatic heterocycles. The van der Waals surface area contributed by atoms with Crippen LogP contribution in [0.25, 0.3) is 0 Å². The molecule has 0 spiro atoms. The van der Waals surface area contributed by atoms with E-state index in [1.54, 1.807) is 17.0 Å². The van der Waals surface area contributed by atoms with Crippen molar-refractivity contribution in [1.29, 1.82) is 0 Å². The maximum absolute atomic E-state index is 12.6. The maximum Gasteiger partial charge on any atom is 0.329 e. The Balaban J connectivity index is 2.04. The summed E-state index contributed by atoms with van der Waals surface area (Å²) < 4.78 is 0. The number of carbonyl (C=O) groups excluding carboxylic acids is 2. The molecule has 0 aliphatic carbocycles. The zero-order valence-electron chi connectivity index (χ0n) is 14.8. The second kappa shape index (κ2) is 8.14. The Morgan fingerprint density at radius 3 is 2.56 bits per heavy atom. The molecular weight excluding hydrogens is 320 g/mol. The van der Waals surface area contributed by atoms with Crippen molar-refractivity contribution in [2.45, 2.75) is 45.1 Å². The van der Waals surface area contributed by atoms with Crippen LogP contribution >= 0.6 is 0 Å². The summed E-state index contributed by atoms with van der Waals surface area (Å²) in [5.41, 5.74) is -0.665. The predicted octanol–water partition coefficient (Wildman–Crippen LogP) is 2.30. The Kier molecular flexibility index (Phi) is 6.17. The first-order valence-electron chi connectivity index (χ1n) is 8.77. The molecule has 1 aromatic rings. The zero-order chi connectivity index (χ0) is 18.4. The number of benzene rings is 1. The lowest BCUT2D eigenvalue weighted by molar-refractivity contribution is -0.148. The molecule has 1 heterocycles. The molecule has 0 radical (unpaired) electrons. The monoisotopic (exact) mass is 346 g/mol. The zero-order valence-corrected chi connectivity index (χ0v) is 14.8. The highest BCUT2D eigenvalue weighted by Gasteiger charge is 2.37. The van der Waals surface area contributed by atoms with Gasteiger partial charge in [-0.15, -0.1) is 0 Å². The first-order chi connectivity index (χ1) is 11.9. The number of carboxylic acids is 1. The molecule has 2 rings (SSSR count). The molecule has 1 fully saturated rings. The Labute approximate surface area is 148 Å². The Morgan fingerprint density at radius 1 is 1.28 bits per heavy atom. The van der Waals surface area contributed by atoms with E-state index < -0.39 is 11.5 Å². The summed E-state index contributed by atoms with van der Waals surface area (Å²) in [5.74, 6) is -1.79. The quantitative estimate of drug-likeness (QED) is 0.827. The number of piperidine rings is 1. The van der Waals surface area contributed by atoms with Gasteiger partial charge in [0.1, 0.15) is 5.54 Å². The lowest BCUT2D eigenvalue weighted by atomic mass is 9.92. The van der Waals surface area contributed by atoms with Gasteiger partial charge in [-0.2, -0.15) is 0 Å². The van der Waals surface area contributed by atoms with Crippen molar-refractivity contribution in [2.24, 2.45) is 5.92 Å². The number of amides is 2. The fourth-order valence-corrected chi connectivity index (χ4v) is 3.24. The fraction of sp³-hybridized carbons (Fsp3) is 0.526. The molecule has 2 atom stereocenters. The lowest BCUT2D eigenvalue weighted by Crippen LogP contribution is -2.55. The molecule has 136 valence electrons. The van der Waals surface area contributed by atoms with Crippen LogP contribution < -0.4 is 5.32 Å². The number of nitrogens with one attached hydrogen (secondary N) is 1. The second-order valence-corrected chi connectivity index (χ2v) is 6.83. The minimum atomic E-state index is -1.27. The third-order valence-electron chi connectivity index (χ3n) is 4.72. The summed E-state index contributed by atoms with van der Waals surface area (Å²) in [7, 11) is 0. The summed E-state index contributed by atoms with van der Waals surface area (Å²) in [6, 6.07) is 8.99. The molecule has 2 N–H and O–H groups in total. The van der Waals surface area contributed by atoms with Gasteiger partial charge in [-0.3, -0.25) is 9.59 Å². The van der Waals surface area contributed by atoms with E-state index in [2.05, 4.69) is 5.32 Å². The van der Waals surface area contributed by atoms with Crippen LogP contribution in [-0.4, -0.2) is 46.4 Å². The van der Waals surface area contributed by atoms with Gasteiger partial charge in [0.2, 0.25) is 5.91 Å². The number of aliphatic carboxylic acids is 1. The van der Waals surface area contributed by atoms with E-state index in [1.165, 1.54) is 6.92 Å². The minimum absolute atomic E-state index is 0.0901. The Morgan fingerprint density at radius 2 is 1.96 bits per heavy atom. The molecule has 25 heavy (non-hydrogen) atoms. The van der Waals surface area contributed by atoms with Crippen LogP contribution in [0.2, 0.25) is 0 Å². The molecule has 1 saturated heterocycles. The van der Waals surface area contributed by atoms with Gasteiger partial charge in [0.25, 0.3) is 5.91 Å². The van der Waals surface area contributed by atoms with E-state index in [4.69, 9.17) is 0 Å². The highest BCUT2D eigenvalue weighted by Crippen LogP contribution is 2.21. The van der Waals surface area contributed by atoms with Crippen molar-refractivity contribution in [3.05, 3.63) is 35.9 Å². The number of carboxylic acid groups (broad SMARTS) is 1. The Hall–Kier alpha value is -2.37. The van der Waals surface area contributed by atoms with Crippen LogP contribution in [0.3, 0.4) is 0 Å². The van der Waals surface area contributed by atoms with Crippen molar-refractivity contribution < 1.29 is 19.5 Å². The van der Waals surface area contributed by atoms with Crippen molar-refractivity contribution in [1.82, 2.24) is 10.2 Å². The maximum atomic E-state index is 12.6. The van der Waals surface area contributed by atoms with Crippen LogP contribution in [0.15, 0.2) is 30.3 Å². The third-order valence-corrected chi connectivity index (χ3v) is 4.72. The summed E-state index contributed by atoms with van der Waals surface area (Å²) in [6.45, 7) is 4.35. The Bertz CT molecular complexity index is 632. The predicted molar refractivity (Wildman–Crippen MR) is 94.2 cm³/mol. The van der Waals surface area contributed by atoms with Crippen LogP contribution in [0, 0.1) is 5.92 Å². The summed E-state index contributed by atoms with van der Waals surface area (Å²) >= 11 is 0. The van der Waals surface area contributed by atoms with Gasteiger partial charge in [0.05, 0.1) is 5.92 Å². The van der Waals surface area contributed by atoms with Crippen molar-refractivity contribution in [3.63, 3.8) is 0 Å². The molecule has 6 nitrogen and oxygen atoms in total. The molecule has 6 heteroatoms. The van der Waals surface area contributed by atoms with Gasteiger partial charge in [0.15, 0.2) is 0 Å². The van der Waals surface area contributed by atoms with Gasteiger partial charge in [-0.1, -0.05) is 31.5 Å². The fourth-order valence-electron chi connectivity index (χ4n) is 3.24. The van der Waals surface area contributed by atoms with E-state index in [0.29, 0.717) is 37.9 Å². The van der Waals surface area contributed by atoms with Crippen molar-refractivity contribution in [3.8, 4) is 0 Å². The van der Waals surface area contributed by atoms with Crippen molar-refractivity contribution in [2.75, 3.05) is 13.1 Å². The van der Waals surface area contributed by atoms with Gasteiger partial charge in [-0.05, 0) is 38.3 Å². The highest BCUT2D eigenvalue weighted by molar-refractivity contribution is 5.95. The summed E-state index contributed by atoms with van der Waals surface area (Å²) in [6.07, 6.45) is 2.42. The number of likely N-dealkylation sites (tertiary alicyclic amines) is 1. The van der Waals surface area contributed by atoms with E-state index >= 15 is 0 Å². The number of hydrogen-bond donors (Lipinski definition) is 2. The van der Waals surface area contributed by atoms with E-state index in [1.807, 2.05) is 25.1 Å². The van der Waals surface area contributed by atoms with E-state index in [9.17, 15) is 19.5 Å². The number of nitrogens with zero attached hydrogens (tertiary/aromatic N) is 1. The van der Waals surface area contributed by atoms with E-state index in [-0.39, 0.29) is 17.7 Å². The minimum Gasteiger partial charge on any atom is -0.480 e. The van der Waals surface area contributed by atoms with Crippen LogP contribution in [-0.2, 0) is 9.59 Å². The number of carbonyl (C=O) groups is 3. The van der Waals surface area contributed by atoms with Gasteiger partial charge < -0.3 is 15.3 Å². The molecule has 0 bridgehead atoms. The van der Waals surface area contributed by atoms with Gasteiger partial charge >= 0.3 is 5.97 Å². The largest absolute Gasteiger partial charge is 0.480 e. The topological polar surface area (TPSA) is 86.7 Å². The normalized spacial score (nSPS) is 19.8. The molecule has 2 unspecified atom stereocenters.